The number of H-pyrrole nitrogens is 1. The summed E-state index contributed by atoms with van der Waals surface area (Å²) in [6.45, 7) is 0.725. The number of quaternary nitrogens is 1. The molecule has 0 aliphatic rings. The number of nitrogens with one attached hydrogen (secondary N) is 2. The number of fused-ring (bicyclic) bond motifs is 1. The fraction of sp³-hybridized carbons (Fsp3) is 0.333. The van der Waals surface area contributed by atoms with Crippen LogP contribution in [0.1, 0.15) is 5.56 Å². The fourth-order valence-corrected chi connectivity index (χ4v) is 1.83. The number of hydrogen-bond acceptors (Lipinski definition) is 0. The van der Waals surface area contributed by atoms with Crippen LogP contribution in [0, 0.1) is 17.6 Å². The van der Waals surface area contributed by atoms with Crippen molar-refractivity contribution >= 4 is 10.9 Å². The van der Waals surface area contributed by atoms with Gasteiger partial charge in [0.05, 0.1) is 26.2 Å². The van der Waals surface area contributed by atoms with Crippen LogP contribution in [0.2, 0.25) is 0 Å². The largest absolute Gasteiger partial charge is 0.340 e. The molecule has 1 heterocycles. The molecule has 0 saturated carbocycles. The molecule has 1 aromatic carbocycles. The van der Waals surface area contributed by atoms with Crippen molar-refractivity contribution < 1.29 is 18.1 Å². The summed E-state index contributed by atoms with van der Waals surface area (Å²) in [6.07, 6.45) is 0.485. The molecule has 0 bridgehead atoms. The highest BCUT2D eigenvalue weighted by atomic mass is 19.2. The van der Waals surface area contributed by atoms with Crippen LogP contribution in [0.25, 0.3) is 10.9 Å². The lowest BCUT2D eigenvalue weighted by Crippen LogP contribution is -3.06. The van der Waals surface area contributed by atoms with Gasteiger partial charge in [0.25, 0.3) is 0 Å². The maximum absolute atomic E-state index is 13.6. The van der Waals surface area contributed by atoms with E-state index in [1.807, 2.05) is 14.1 Å². The number of aromatic amines is 1. The van der Waals surface area contributed by atoms with Crippen molar-refractivity contribution in [2.45, 2.75) is 6.42 Å². The Labute approximate surface area is 97.0 Å². The van der Waals surface area contributed by atoms with E-state index in [1.54, 1.807) is 0 Å². The molecule has 0 aliphatic carbocycles. The Hall–Kier alpha value is -1.49. The van der Waals surface area contributed by atoms with Crippen molar-refractivity contribution in [2.75, 3.05) is 20.6 Å². The molecule has 0 amide bonds. The average molecular weight is 243 g/mol. The first-order chi connectivity index (χ1) is 7.99. The Balaban J connectivity index is 2.47. The van der Waals surface area contributed by atoms with E-state index in [1.165, 1.54) is 4.90 Å². The summed E-state index contributed by atoms with van der Waals surface area (Å²) in [7, 11) is 3.90. The van der Waals surface area contributed by atoms with Gasteiger partial charge in [0, 0.05) is 23.4 Å². The first-order valence-electron chi connectivity index (χ1n) is 5.43. The molecule has 5 heteroatoms. The lowest BCUT2D eigenvalue weighted by atomic mass is 10.1. The van der Waals surface area contributed by atoms with Crippen LogP contribution in [-0.2, 0) is 6.42 Å². The number of halogens is 3. The van der Waals surface area contributed by atoms with E-state index in [0.29, 0.717) is 22.9 Å². The summed E-state index contributed by atoms with van der Waals surface area (Å²) in [5.41, 5.74) is 0.713. The summed E-state index contributed by atoms with van der Waals surface area (Å²) in [5, 5.41) is 0.419. The average Bonchev–Trinajstić information content (AvgIpc) is 2.52. The van der Waals surface area contributed by atoms with Gasteiger partial charge in [0.15, 0.2) is 17.6 Å². The van der Waals surface area contributed by atoms with Crippen molar-refractivity contribution in [2.24, 2.45) is 0 Å². The summed E-state index contributed by atoms with van der Waals surface area (Å²) in [5.74, 6) is -2.43. The zero-order valence-electron chi connectivity index (χ0n) is 9.70. The standard InChI is InChI=1S/C12H13F3N2/c1-17(2)4-3-7-8-5-9(13)10(14)6-11(8)16-12(7)15/h5-6,16H,3-4H2,1-2H3/p+1. The molecule has 92 valence electrons. The van der Waals surface area contributed by atoms with Crippen molar-refractivity contribution in [1.29, 1.82) is 0 Å². The third-order valence-corrected chi connectivity index (χ3v) is 2.77. The maximum atomic E-state index is 13.6. The fourth-order valence-electron chi connectivity index (χ4n) is 1.83. The number of hydrogen-bond donors (Lipinski definition) is 2. The zero-order chi connectivity index (χ0) is 12.6. The predicted molar refractivity (Wildman–Crippen MR) is 59.6 cm³/mol. The Morgan fingerprint density at radius 3 is 2.41 bits per heavy atom. The van der Waals surface area contributed by atoms with Crippen LogP contribution in [0.4, 0.5) is 13.2 Å². The van der Waals surface area contributed by atoms with Gasteiger partial charge in [-0.1, -0.05) is 0 Å². The second-order valence-corrected chi connectivity index (χ2v) is 4.44. The molecule has 0 spiro atoms. The minimum absolute atomic E-state index is 0.296. The lowest BCUT2D eigenvalue weighted by molar-refractivity contribution is -0.858. The summed E-state index contributed by atoms with van der Waals surface area (Å²) in [6, 6.07) is 2.03. The molecule has 2 rings (SSSR count). The quantitative estimate of drug-likeness (QED) is 0.810. The molecule has 2 nitrogen and oxygen atoms in total. The van der Waals surface area contributed by atoms with Crippen LogP contribution in [0.5, 0.6) is 0 Å². The molecule has 2 aromatic rings. The highest BCUT2D eigenvalue weighted by molar-refractivity contribution is 5.83. The van der Waals surface area contributed by atoms with Gasteiger partial charge in [0.2, 0.25) is 0 Å². The number of benzene rings is 1. The summed E-state index contributed by atoms with van der Waals surface area (Å²) < 4.78 is 39.7. The molecule has 0 unspecified atom stereocenters. The van der Waals surface area contributed by atoms with E-state index < -0.39 is 17.6 Å². The lowest BCUT2D eigenvalue weighted by Gasteiger charge is -2.06. The molecule has 17 heavy (non-hydrogen) atoms. The van der Waals surface area contributed by atoms with Gasteiger partial charge in [0.1, 0.15) is 0 Å². The molecule has 2 N–H and O–H groups in total. The molecular weight excluding hydrogens is 229 g/mol. The van der Waals surface area contributed by atoms with Crippen molar-refractivity contribution in [3.05, 3.63) is 35.3 Å². The minimum Gasteiger partial charge on any atom is -0.340 e. The third-order valence-electron chi connectivity index (χ3n) is 2.77. The van der Waals surface area contributed by atoms with E-state index >= 15 is 0 Å². The number of rotatable bonds is 3. The second kappa shape index (κ2) is 4.41. The van der Waals surface area contributed by atoms with Crippen molar-refractivity contribution in [3.8, 4) is 0 Å². The Bertz CT molecular complexity index is 546. The topological polar surface area (TPSA) is 20.2 Å². The van der Waals surface area contributed by atoms with Gasteiger partial charge in [-0.05, 0) is 6.07 Å². The van der Waals surface area contributed by atoms with Crippen LogP contribution >= 0.6 is 0 Å². The van der Waals surface area contributed by atoms with Gasteiger partial charge in [-0.3, -0.25) is 0 Å². The normalized spacial score (nSPS) is 11.6. The summed E-state index contributed by atoms with van der Waals surface area (Å²) in [4.78, 5) is 3.60. The molecular formula is C12H14F3N2+. The highest BCUT2D eigenvalue weighted by Crippen LogP contribution is 2.24. The van der Waals surface area contributed by atoms with Crippen LogP contribution in [0.3, 0.4) is 0 Å². The predicted octanol–water partition coefficient (Wildman–Crippen LogP) is 1.27. The SMILES string of the molecule is C[NH+](C)CCc1c(F)[nH]c2cc(F)c(F)cc12. The molecule has 1 aromatic heterocycles. The summed E-state index contributed by atoms with van der Waals surface area (Å²) >= 11 is 0. The van der Waals surface area contributed by atoms with E-state index in [4.69, 9.17) is 0 Å². The van der Waals surface area contributed by atoms with Gasteiger partial charge in [-0.25, -0.2) is 8.78 Å². The van der Waals surface area contributed by atoms with Crippen LogP contribution in [-0.4, -0.2) is 25.6 Å². The highest BCUT2D eigenvalue weighted by Gasteiger charge is 2.15. The minimum atomic E-state index is -0.969. The van der Waals surface area contributed by atoms with Gasteiger partial charge in [-0.15, -0.1) is 0 Å². The monoisotopic (exact) mass is 243 g/mol. The maximum Gasteiger partial charge on any atom is 0.195 e. The number of aromatic nitrogens is 1. The Morgan fingerprint density at radius 2 is 1.76 bits per heavy atom. The second-order valence-electron chi connectivity index (χ2n) is 4.44. The first kappa shape index (κ1) is 12.0. The van der Waals surface area contributed by atoms with Crippen molar-refractivity contribution in [1.82, 2.24) is 4.98 Å². The number of likely N-dealkylation sites (N-methyl/N-ethyl adjacent to an activating group) is 1. The Kier molecular flexibility index (Phi) is 3.11. The van der Waals surface area contributed by atoms with E-state index in [-0.39, 0.29) is 0 Å². The van der Waals surface area contributed by atoms with E-state index in [0.717, 1.165) is 18.7 Å². The molecule has 0 atom stereocenters. The molecule has 0 fully saturated rings. The first-order valence-corrected chi connectivity index (χ1v) is 5.43. The Morgan fingerprint density at radius 1 is 1.12 bits per heavy atom. The van der Waals surface area contributed by atoms with Gasteiger partial charge in [-0.2, -0.15) is 4.39 Å². The van der Waals surface area contributed by atoms with E-state index in [2.05, 4.69) is 4.98 Å². The van der Waals surface area contributed by atoms with Crippen molar-refractivity contribution in [3.63, 3.8) is 0 Å². The third kappa shape index (κ3) is 2.29. The van der Waals surface area contributed by atoms with Crippen LogP contribution < -0.4 is 4.90 Å². The molecule has 0 aliphatic heterocycles. The van der Waals surface area contributed by atoms with Gasteiger partial charge >= 0.3 is 0 Å². The van der Waals surface area contributed by atoms with Crippen LogP contribution in [0.15, 0.2) is 12.1 Å². The molecule has 0 saturated heterocycles. The smallest absolute Gasteiger partial charge is 0.195 e. The molecule has 0 radical (unpaired) electrons. The van der Waals surface area contributed by atoms with Gasteiger partial charge < -0.3 is 9.88 Å². The van der Waals surface area contributed by atoms with E-state index in [9.17, 15) is 13.2 Å². The zero-order valence-corrected chi connectivity index (χ0v) is 9.70.